The molecule has 2 heteroatoms. The smallest absolute Gasteiger partial charge is 0.0645 e. The predicted molar refractivity (Wildman–Crippen MR) is 56.4 cm³/mol. The highest BCUT2D eigenvalue weighted by molar-refractivity contribution is 5.33. The minimum atomic E-state index is 1.09. The van der Waals surface area contributed by atoms with Crippen molar-refractivity contribution in [2.24, 2.45) is 0 Å². The van der Waals surface area contributed by atoms with Crippen molar-refractivity contribution < 1.29 is 0 Å². The quantitative estimate of drug-likeness (QED) is 0.718. The van der Waals surface area contributed by atoms with Crippen LogP contribution in [0.1, 0.15) is 18.9 Å². The van der Waals surface area contributed by atoms with Gasteiger partial charge in [-0.15, -0.1) is 0 Å². The Labute approximate surface area is 84.2 Å². The van der Waals surface area contributed by atoms with E-state index < -0.39 is 0 Å². The summed E-state index contributed by atoms with van der Waals surface area (Å²) in [5, 5.41) is 4.12. The van der Waals surface area contributed by atoms with Gasteiger partial charge in [0.05, 0.1) is 11.9 Å². The van der Waals surface area contributed by atoms with Crippen LogP contribution in [0, 0.1) is 6.07 Å². The first kappa shape index (κ1) is 9.00. The van der Waals surface area contributed by atoms with Crippen LogP contribution in [0.4, 0.5) is 0 Å². The number of aromatic nitrogens is 2. The van der Waals surface area contributed by atoms with Gasteiger partial charge >= 0.3 is 0 Å². The van der Waals surface area contributed by atoms with E-state index in [0.29, 0.717) is 0 Å². The fraction of sp³-hybridized carbons (Fsp3) is 0.250. The molecule has 2 aromatic rings. The monoisotopic (exact) mass is 185 g/mol. The van der Waals surface area contributed by atoms with Crippen LogP contribution in [0.2, 0.25) is 0 Å². The van der Waals surface area contributed by atoms with E-state index in [2.05, 4.69) is 42.4 Å². The topological polar surface area (TPSA) is 17.8 Å². The summed E-state index contributed by atoms with van der Waals surface area (Å²) in [5.41, 5.74) is 2.47. The van der Waals surface area contributed by atoms with Crippen LogP contribution in [0.3, 0.4) is 0 Å². The van der Waals surface area contributed by atoms with Gasteiger partial charge in [0.25, 0.3) is 0 Å². The molecule has 0 saturated heterocycles. The largest absolute Gasteiger partial charge is 0.240 e. The highest BCUT2D eigenvalue weighted by atomic mass is 15.3. The molecular weight excluding hydrogens is 172 g/mol. The van der Waals surface area contributed by atoms with E-state index in [1.165, 1.54) is 12.0 Å². The summed E-state index contributed by atoms with van der Waals surface area (Å²) in [4.78, 5) is 0. The molecule has 0 aliphatic rings. The van der Waals surface area contributed by atoms with Crippen molar-refractivity contribution in [2.75, 3.05) is 0 Å². The summed E-state index contributed by atoms with van der Waals surface area (Å²) in [6.45, 7) is 2.19. The van der Waals surface area contributed by atoms with E-state index in [0.717, 1.165) is 12.1 Å². The molecule has 0 atom stereocenters. The van der Waals surface area contributed by atoms with Crippen LogP contribution >= 0.6 is 0 Å². The normalized spacial score (nSPS) is 10.4. The second kappa shape index (κ2) is 4.09. The molecule has 0 aliphatic heterocycles. The molecule has 14 heavy (non-hydrogen) atoms. The molecule has 0 fully saturated rings. The number of hydrogen-bond donors (Lipinski definition) is 0. The van der Waals surface area contributed by atoms with Crippen LogP contribution in [-0.2, 0) is 6.42 Å². The maximum absolute atomic E-state index is 4.12. The third-order valence-electron chi connectivity index (χ3n) is 2.19. The second-order valence-electron chi connectivity index (χ2n) is 3.30. The van der Waals surface area contributed by atoms with Crippen LogP contribution in [0.5, 0.6) is 0 Å². The number of aryl methyl sites for hydroxylation is 1. The standard InChI is InChI=1S/C12H13N2/c1-2-4-11-5-7-12(8-6-11)14-10-3-9-13-14/h5-10H,2,4H2,1H3. The lowest BCUT2D eigenvalue weighted by Crippen LogP contribution is -1.94. The average Bonchev–Trinajstić information content (AvgIpc) is 2.72. The Balaban J connectivity index is 2.22. The molecule has 0 saturated carbocycles. The minimum Gasteiger partial charge on any atom is -0.240 e. The Morgan fingerprint density at radius 2 is 2.07 bits per heavy atom. The van der Waals surface area contributed by atoms with Gasteiger partial charge in [0.1, 0.15) is 0 Å². The number of nitrogens with zero attached hydrogens (tertiary/aromatic N) is 2. The minimum absolute atomic E-state index is 1.09. The van der Waals surface area contributed by atoms with Gasteiger partial charge in [-0.1, -0.05) is 25.5 Å². The molecule has 1 aromatic heterocycles. The lowest BCUT2D eigenvalue weighted by Gasteiger charge is -2.02. The van der Waals surface area contributed by atoms with Gasteiger partial charge in [0.15, 0.2) is 0 Å². The van der Waals surface area contributed by atoms with Crippen LogP contribution < -0.4 is 0 Å². The molecular formula is C12H13N2. The fourth-order valence-corrected chi connectivity index (χ4v) is 1.48. The molecule has 2 rings (SSSR count). The molecule has 1 aromatic carbocycles. The number of rotatable bonds is 3. The molecule has 0 bridgehead atoms. The van der Waals surface area contributed by atoms with E-state index in [4.69, 9.17) is 0 Å². The Bertz CT molecular complexity index is 373. The number of benzene rings is 1. The fourth-order valence-electron chi connectivity index (χ4n) is 1.48. The predicted octanol–water partition coefficient (Wildman–Crippen LogP) is 2.62. The average molecular weight is 185 g/mol. The Hall–Kier alpha value is -1.57. The van der Waals surface area contributed by atoms with E-state index in [1.807, 2.05) is 10.9 Å². The summed E-state index contributed by atoms with van der Waals surface area (Å²) in [6.07, 6.45) is 5.83. The zero-order valence-corrected chi connectivity index (χ0v) is 8.27. The van der Waals surface area contributed by atoms with E-state index in [9.17, 15) is 0 Å². The van der Waals surface area contributed by atoms with Crippen molar-refractivity contribution in [3.63, 3.8) is 0 Å². The van der Waals surface area contributed by atoms with E-state index in [-0.39, 0.29) is 0 Å². The van der Waals surface area contributed by atoms with Crippen LogP contribution in [-0.4, -0.2) is 9.78 Å². The molecule has 0 amide bonds. The van der Waals surface area contributed by atoms with Crippen molar-refractivity contribution in [2.45, 2.75) is 19.8 Å². The zero-order chi connectivity index (χ0) is 9.80. The maximum Gasteiger partial charge on any atom is 0.0645 e. The zero-order valence-electron chi connectivity index (χ0n) is 8.27. The van der Waals surface area contributed by atoms with Crippen molar-refractivity contribution >= 4 is 0 Å². The lowest BCUT2D eigenvalue weighted by molar-refractivity contribution is 0.874. The van der Waals surface area contributed by atoms with Crippen molar-refractivity contribution in [1.29, 1.82) is 0 Å². The Morgan fingerprint density at radius 1 is 1.29 bits per heavy atom. The molecule has 0 unspecified atom stereocenters. The lowest BCUT2D eigenvalue weighted by atomic mass is 10.1. The second-order valence-corrected chi connectivity index (χ2v) is 3.30. The maximum atomic E-state index is 4.12. The Kier molecular flexibility index (Phi) is 2.63. The van der Waals surface area contributed by atoms with E-state index >= 15 is 0 Å². The summed E-state index contributed by atoms with van der Waals surface area (Å²) in [5.74, 6) is 0. The molecule has 0 aliphatic carbocycles. The molecule has 2 nitrogen and oxygen atoms in total. The van der Waals surface area contributed by atoms with Crippen molar-refractivity contribution in [3.8, 4) is 5.69 Å². The van der Waals surface area contributed by atoms with Gasteiger partial charge in [-0.2, -0.15) is 5.10 Å². The van der Waals surface area contributed by atoms with Gasteiger partial charge in [-0.3, -0.25) is 0 Å². The molecule has 71 valence electrons. The first-order valence-corrected chi connectivity index (χ1v) is 4.90. The first-order valence-electron chi connectivity index (χ1n) is 4.90. The highest BCUT2D eigenvalue weighted by Gasteiger charge is 1.95. The third-order valence-corrected chi connectivity index (χ3v) is 2.19. The van der Waals surface area contributed by atoms with Crippen molar-refractivity contribution in [3.05, 3.63) is 48.3 Å². The molecule has 1 heterocycles. The van der Waals surface area contributed by atoms with E-state index in [1.54, 1.807) is 6.20 Å². The van der Waals surface area contributed by atoms with Gasteiger partial charge < -0.3 is 0 Å². The van der Waals surface area contributed by atoms with Gasteiger partial charge in [-0.25, -0.2) is 4.68 Å². The Morgan fingerprint density at radius 3 is 2.64 bits per heavy atom. The molecule has 0 N–H and O–H groups in total. The summed E-state index contributed by atoms with van der Waals surface area (Å²) >= 11 is 0. The van der Waals surface area contributed by atoms with Crippen molar-refractivity contribution in [1.82, 2.24) is 9.78 Å². The number of hydrogen-bond acceptors (Lipinski definition) is 1. The van der Waals surface area contributed by atoms with Crippen LogP contribution in [0.25, 0.3) is 5.69 Å². The molecule has 1 radical (unpaired) electrons. The van der Waals surface area contributed by atoms with Crippen LogP contribution in [0.15, 0.2) is 36.7 Å². The molecule has 0 spiro atoms. The third kappa shape index (κ3) is 1.84. The van der Waals surface area contributed by atoms with Gasteiger partial charge in [-0.05, 0) is 24.1 Å². The summed E-state index contributed by atoms with van der Waals surface area (Å²) in [7, 11) is 0. The van der Waals surface area contributed by atoms with Gasteiger partial charge in [0, 0.05) is 12.3 Å². The summed E-state index contributed by atoms with van der Waals surface area (Å²) < 4.78 is 1.82. The SMILES string of the molecule is CCCc1ccc(-n2c[c]cn2)cc1. The summed E-state index contributed by atoms with van der Waals surface area (Å²) in [6, 6.07) is 11.4. The highest BCUT2D eigenvalue weighted by Crippen LogP contribution is 2.09. The van der Waals surface area contributed by atoms with Gasteiger partial charge in [0.2, 0.25) is 0 Å². The first-order chi connectivity index (χ1) is 6.90.